The number of nitrogens with one attached hydrogen (secondary N) is 1. The number of rotatable bonds is 2. The van der Waals surface area contributed by atoms with E-state index in [0.717, 1.165) is 23.5 Å². The van der Waals surface area contributed by atoms with E-state index in [4.69, 9.17) is 0 Å². The second-order valence-electron chi connectivity index (χ2n) is 5.72. The minimum atomic E-state index is 0.416. The smallest absolute Gasteiger partial charge is 0.0175 e. The van der Waals surface area contributed by atoms with E-state index in [9.17, 15) is 0 Å². The van der Waals surface area contributed by atoms with Gasteiger partial charge >= 0.3 is 0 Å². The summed E-state index contributed by atoms with van der Waals surface area (Å²) >= 11 is 3.51. The van der Waals surface area contributed by atoms with Crippen molar-refractivity contribution in [2.24, 2.45) is 11.3 Å². The van der Waals surface area contributed by atoms with Gasteiger partial charge < -0.3 is 5.32 Å². The molecular weight excluding hydrogens is 274 g/mol. The molecule has 1 aliphatic rings. The van der Waals surface area contributed by atoms with E-state index in [0.29, 0.717) is 11.3 Å². The van der Waals surface area contributed by atoms with Crippen LogP contribution in [-0.2, 0) is 0 Å². The lowest BCUT2D eigenvalue weighted by Crippen LogP contribution is -2.44. The van der Waals surface area contributed by atoms with Crippen LogP contribution in [0, 0.1) is 11.3 Å². The average molecular weight is 296 g/mol. The van der Waals surface area contributed by atoms with Gasteiger partial charge in [-0.3, -0.25) is 0 Å². The lowest BCUT2D eigenvalue weighted by atomic mass is 9.63. The molecule has 1 fully saturated rings. The second-order valence-corrected chi connectivity index (χ2v) is 6.63. The van der Waals surface area contributed by atoms with E-state index in [2.05, 4.69) is 66.3 Å². The Morgan fingerprint density at radius 1 is 1.29 bits per heavy atom. The first-order chi connectivity index (χ1) is 8.04. The number of piperidine rings is 1. The fourth-order valence-electron chi connectivity index (χ4n) is 2.90. The third kappa shape index (κ3) is 2.58. The molecule has 1 aromatic rings. The molecule has 0 amide bonds. The van der Waals surface area contributed by atoms with Crippen molar-refractivity contribution in [3.8, 4) is 0 Å². The maximum Gasteiger partial charge on any atom is 0.0175 e. The highest BCUT2D eigenvalue weighted by atomic mass is 79.9. The number of hydrogen-bond acceptors (Lipinski definition) is 1. The van der Waals surface area contributed by atoms with Gasteiger partial charge in [0.25, 0.3) is 0 Å². The molecule has 1 saturated heterocycles. The molecule has 1 N–H and O–H groups in total. The summed E-state index contributed by atoms with van der Waals surface area (Å²) in [7, 11) is 0. The SMILES string of the molecule is CC(C)C1(C)CCNCC1c1ccc(Br)cc1. The molecule has 2 heteroatoms. The van der Waals surface area contributed by atoms with Crippen molar-refractivity contribution in [3.63, 3.8) is 0 Å². The fraction of sp³-hybridized carbons (Fsp3) is 0.600. The third-order valence-corrected chi connectivity index (χ3v) is 5.10. The molecule has 1 aliphatic heterocycles. The molecule has 1 heterocycles. The molecule has 0 aromatic heterocycles. The molecule has 94 valence electrons. The van der Waals surface area contributed by atoms with Crippen molar-refractivity contribution in [1.29, 1.82) is 0 Å². The van der Waals surface area contributed by atoms with Gasteiger partial charge in [0.2, 0.25) is 0 Å². The molecule has 0 radical (unpaired) electrons. The van der Waals surface area contributed by atoms with Gasteiger partial charge in [0.1, 0.15) is 0 Å². The molecule has 0 spiro atoms. The van der Waals surface area contributed by atoms with Gasteiger partial charge in [0.15, 0.2) is 0 Å². The number of benzene rings is 1. The van der Waals surface area contributed by atoms with Crippen LogP contribution in [0.5, 0.6) is 0 Å². The van der Waals surface area contributed by atoms with Crippen molar-refractivity contribution in [2.45, 2.75) is 33.1 Å². The van der Waals surface area contributed by atoms with Gasteiger partial charge in [0, 0.05) is 16.9 Å². The monoisotopic (exact) mass is 295 g/mol. The zero-order valence-corrected chi connectivity index (χ0v) is 12.5. The topological polar surface area (TPSA) is 12.0 Å². The maximum absolute atomic E-state index is 3.55. The van der Waals surface area contributed by atoms with Gasteiger partial charge in [-0.05, 0) is 42.0 Å². The van der Waals surface area contributed by atoms with Crippen molar-refractivity contribution in [1.82, 2.24) is 5.32 Å². The van der Waals surface area contributed by atoms with Crippen LogP contribution >= 0.6 is 15.9 Å². The third-order valence-electron chi connectivity index (χ3n) is 4.58. The van der Waals surface area contributed by atoms with Crippen LogP contribution in [0.4, 0.5) is 0 Å². The van der Waals surface area contributed by atoms with E-state index < -0.39 is 0 Å². The summed E-state index contributed by atoms with van der Waals surface area (Å²) < 4.78 is 1.16. The van der Waals surface area contributed by atoms with Crippen molar-refractivity contribution >= 4 is 15.9 Å². The normalized spacial score (nSPS) is 29.6. The Hall–Kier alpha value is -0.340. The Kier molecular flexibility index (Phi) is 3.94. The van der Waals surface area contributed by atoms with Crippen LogP contribution in [0.15, 0.2) is 28.7 Å². The molecule has 2 rings (SSSR count). The average Bonchev–Trinajstić information content (AvgIpc) is 2.31. The molecule has 0 bridgehead atoms. The Labute approximate surface area is 113 Å². The molecule has 2 unspecified atom stereocenters. The molecular formula is C15H22BrN. The Morgan fingerprint density at radius 3 is 2.53 bits per heavy atom. The Morgan fingerprint density at radius 2 is 1.94 bits per heavy atom. The van der Waals surface area contributed by atoms with Gasteiger partial charge in [-0.2, -0.15) is 0 Å². The zero-order chi connectivity index (χ0) is 12.5. The van der Waals surface area contributed by atoms with Crippen molar-refractivity contribution in [3.05, 3.63) is 34.3 Å². The molecule has 2 atom stereocenters. The van der Waals surface area contributed by atoms with Gasteiger partial charge in [-0.25, -0.2) is 0 Å². The van der Waals surface area contributed by atoms with Crippen LogP contribution < -0.4 is 5.32 Å². The summed E-state index contributed by atoms with van der Waals surface area (Å²) in [6, 6.07) is 8.85. The molecule has 1 aromatic carbocycles. The van der Waals surface area contributed by atoms with Gasteiger partial charge in [-0.15, -0.1) is 0 Å². The summed E-state index contributed by atoms with van der Waals surface area (Å²) in [6.07, 6.45) is 1.27. The van der Waals surface area contributed by atoms with E-state index in [1.165, 1.54) is 12.0 Å². The van der Waals surface area contributed by atoms with E-state index in [1.54, 1.807) is 0 Å². The van der Waals surface area contributed by atoms with Crippen molar-refractivity contribution in [2.75, 3.05) is 13.1 Å². The first kappa shape index (κ1) is 13.1. The summed E-state index contributed by atoms with van der Waals surface area (Å²) in [5.41, 5.74) is 1.88. The number of hydrogen-bond donors (Lipinski definition) is 1. The quantitative estimate of drug-likeness (QED) is 0.863. The Balaban J connectivity index is 2.31. The van der Waals surface area contributed by atoms with E-state index in [-0.39, 0.29) is 0 Å². The molecule has 0 aliphatic carbocycles. The Bertz CT molecular complexity index is 371. The van der Waals surface area contributed by atoms with E-state index >= 15 is 0 Å². The standard InChI is InChI=1S/C15H22BrN/c1-11(2)15(3)8-9-17-10-14(15)12-4-6-13(16)7-5-12/h4-7,11,14,17H,8-10H2,1-3H3. The van der Waals surface area contributed by atoms with Gasteiger partial charge in [0.05, 0.1) is 0 Å². The van der Waals surface area contributed by atoms with Crippen LogP contribution in [0.2, 0.25) is 0 Å². The second kappa shape index (κ2) is 5.11. The molecule has 17 heavy (non-hydrogen) atoms. The maximum atomic E-state index is 3.55. The van der Waals surface area contributed by atoms with Gasteiger partial charge in [-0.1, -0.05) is 48.8 Å². The fourth-order valence-corrected chi connectivity index (χ4v) is 3.16. The first-order valence-electron chi connectivity index (χ1n) is 6.50. The predicted molar refractivity (Wildman–Crippen MR) is 77.3 cm³/mol. The van der Waals surface area contributed by atoms with Crippen LogP contribution in [-0.4, -0.2) is 13.1 Å². The highest BCUT2D eigenvalue weighted by Gasteiger charge is 2.39. The predicted octanol–water partition coefficient (Wildman–Crippen LogP) is 4.19. The van der Waals surface area contributed by atoms with Crippen molar-refractivity contribution < 1.29 is 0 Å². The molecule has 0 saturated carbocycles. The largest absolute Gasteiger partial charge is 0.316 e. The summed E-state index contributed by atoms with van der Waals surface area (Å²) in [5.74, 6) is 1.35. The summed E-state index contributed by atoms with van der Waals surface area (Å²) in [6.45, 7) is 9.43. The first-order valence-corrected chi connectivity index (χ1v) is 7.29. The minimum Gasteiger partial charge on any atom is -0.316 e. The minimum absolute atomic E-state index is 0.416. The highest BCUT2D eigenvalue weighted by Crippen LogP contribution is 2.46. The van der Waals surface area contributed by atoms with Crippen LogP contribution in [0.1, 0.15) is 38.7 Å². The lowest BCUT2D eigenvalue weighted by molar-refractivity contribution is 0.120. The lowest BCUT2D eigenvalue weighted by Gasteiger charge is -2.45. The number of halogens is 1. The summed E-state index contributed by atoms with van der Waals surface area (Å²) in [4.78, 5) is 0. The summed E-state index contributed by atoms with van der Waals surface area (Å²) in [5, 5.41) is 3.55. The van der Waals surface area contributed by atoms with E-state index in [1.807, 2.05) is 0 Å². The van der Waals surface area contributed by atoms with Crippen LogP contribution in [0.25, 0.3) is 0 Å². The highest BCUT2D eigenvalue weighted by molar-refractivity contribution is 9.10. The zero-order valence-electron chi connectivity index (χ0n) is 11.0. The molecule has 1 nitrogen and oxygen atoms in total. The van der Waals surface area contributed by atoms with Crippen LogP contribution in [0.3, 0.4) is 0 Å².